The number of amides is 1. The first-order valence-corrected chi connectivity index (χ1v) is 11.2. The van der Waals surface area contributed by atoms with Crippen molar-refractivity contribution in [2.24, 2.45) is 0 Å². The van der Waals surface area contributed by atoms with Crippen LogP contribution in [-0.2, 0) is 12.8 Å². The molecule has 9 heteroatoms. The molecule has 3 heterocycles. The second kappa shape index (κ2) is 8.43. The van der Waals surface area contributed by atoms with Crippen LogP contribution in [0.4, 0.5) is 5.82 Å². The number of methoxy groups -OCH3 is 1. The van der Waals surface area contributed by atoms with E-state index < -0.39 is 0 Å². The van der Waals surface area contributed by atoms with Gasteiger partial charge in [-0.1, -0.05) is 6.07 Å². The van der Waals surface area contributed by atoms with E-state index in [4.69, 9.17) is 4.74 Å². The van der Waals surface area contributed by atoms with E-state index in [2.05, 4.69) is 20.4 Å². The number of nitrogens with one attached hydrogen (secondary N) is 2. The van der Waals surface area contributed by atoms with E-state index in [1.165, 1.54) is 4.68 Å². The minimum Gasteiger partial charge on any atom is -0.497 e. The molecule has 0 fully saturated rings. The van der Waals surface area contributed by atoms with E-state index in [9.17, 15) is 9.59 Å². The summed E-state index contributed by atoms with van der Waals surface area (Å²) in [6, 6.07) is 12.5. The number of hydrogen-bond donors (Lipinski definition) is 2. The topological polar surface area (TPSA) is 102 Å². The van der Waals surface area contributed by atoms with Crippen molar-refractivity contribution in [2.45, 2.75) is 25.7 Å². The monoisotopic (exact) mass is 447 g/mol. The smallest absolute Gasteiger partial charge is 0.256 e. The van der Waals surface area contributed by atoms with Gasteiger partial charge in [-0.25, -0.2) is 4.98 Å². The van der Waals surface area contributed by atoms with E-state index in [1.807, 2.05) is 17.5 Å². The van der Waals surface area contributed by atoms with Gasteiger partial charge in [-0.05, 0) is 61.4 Å². The minimum atomic E-state index is -0.299. The van der Waals surface area contributed by atoms with Crippen molar-refractivity contribution in [3.05, 3.63) is 75.0 Å². The van der Waals surface area contributed by atoms with Gasteiger partial charge in [0.1, 0.15) is 17.3 Å². The average molecular weight is 448 g/mol. The number of anilines is 1. The van der Waals surface area contributed by atoms with Crippen LogP contribution in [0.2, 0.25) is 0 Å². The Hall–Kier alpha value is -3.72. The van der Waals surface area contributed by atoms with E-state index in [1.54, 1.807) is 48.8 Å². The molecule has 8 nitrogen and oxygen atoms in total. The van der Waals surface area contributed by atoms with Crippen LogP contribution in [0.15, 0.2) is 52.6 Å². The zero-order valence-corrected chi connectivity index (χ0v) is 18.2. The predicted octanol–water partition coefficient (Wildman–Crippen LogP) is 3.82. The lowest BCUT2D eigenvalue weighted by Gasteiger charge is -2.15. The predicted molar refractivity (Wildman–Crippen MR) is 123 cm³/mol. The number of ether oxygens (including phenoxy) is 1. The average Bonchev–Trinajstić information content (AvgIpc) is 3.49. The normalized spacial score (nSPS) is 12.9. The standard InChI is InChI=1S/C23H21N5O3S/c1-31-15-10-8-14(9-11-15)21(29)25-20-13-18(19-7-4-12-32-19)27-28(20)23-24-17-6-3-2-5-16(17)22(30)26-23/h4,7-13H,2-3,5-6H2,1H3,(H,25,29)(H,24,26,30). The molecule has 0 unspecified atom stereocenters. The summed E-state index contributed by atoms with van der Waals surface area (Å²) in [5.41, 5.74) is 2.56. The van der Waals surface area contributed by atoms with Crippen molar-refractivity contribution < 1.29 is 9.53 Å². The molecule has 0 saturated heterocycles. The van der Waals surface area contributed by atoms with Crippen LogP contribution >= 0.6 is 11.3 Å². The van der Waals surface area contributed by atoms with E-state index in [0.717, 1.165) is 41.8 Å². The van der Waals surface area contributed by atoms with Crippen molar-refractivity contribution in [3.8, 4) is 22.3 Å². The van der Waals surface area contributed by atoms with Gasteiger partial charge >= 0.3 is 0 Å². The van der Waals surface area contributed by atoms with Gasteiger partial charge in [0.2, 0.25) is 5.95 Å². The van der Waals surface area contributed by atoms with Gasteiger partial charge in [-0.3, -0.25) is 14.6 Å². The Morgan fingerprint density at radius 1 is 1.19 bits per heavy atom. The fourth-order valence-corrected chi connectivity index (χ4v) is 4.48. The second-order valence-corrected chi connectivity index (χ2v) is 8.46. The molecule has 0 saturated carbocycles. The summed E-state index contributed by atoms with van der Waals surface area (Å²) in [4.78, 5) is 34.1. The molecule has 162 valence electrons. The molecule has 1 aromatic carbocycles. The Kier molecular flexibility index (Phi) is 5.32. The number of H-pyrrole nitrogens is 1. The van der Waals surface area contributed by atoms with Gasteiger partial charge in [-0.2, -0.15) is 9.78 Å². The van der Waals surface area contributed by atoms with Gasteiger partial charge in [0.15, 0.2) is 0 Å². The molecule has 0 aliphatic heterocycles. The highest BCUT2D eigenvalue weighted by molar-refractivity contribution is 7.13. The second-order valence-electron chi connectivity index (χ2n) is 7.51. The molecule has 4 aromatic rings. The van der Waals surface area contributed by atoms with Crippen molar-refractivity contribution in [1.82, 2.24) is 19.7 Å². The summed E-state index contributed by atoms with van der Waals surface area (Å²) < 4.78 is 6.65. The summed E-state index contributed by atoms with van der Waals surface area (Å²) in [5, 5.41) is 9.52. The quantitative estimate of drug-likeness (QED) is 0.484. The van der Waals surface area contributed by atoms with Gasteiger partial charge in [0, 0.05) is 17.2 Å². The van der Waals surface area contributed by atoms with Gasteiger partial charge in [0.05, 0.1) is 17.7 Å². The molecule has 1 aliphatic carbocycles. The minimum absolute atomic E-state index is 0.148. The highest BCUT2D eigenvalue weighted by Crippen LogP contribution is 2.28. The summed E-state index contributed by atoms with van der Waals surface area (Å²) in [5.74, 6) is 1.09. The van der Waals surface area contributed by atoms with Gasteiger partial charge < -0.3 is 10.1 Å². The van der Waals surface area contributed by atoms with Crippen LogP contribution in [0.3, 0.4) is 0 Å². The molecule has 0 bridgehead atoms. The summed E-state index contributed by atoms with van der Waals surface area (Å²) >= 11 is 1.54. The molecule has 2 N–H and O–H groups in total. The molecule has 0 atom stereocenters. The molecule has 1 amide bonds. The lowest BCUT2D eigenvalue weighted by molar-refractivity contribution is 0.102. The summed E-state index contributed by atoms with van der Waals surface area (Å²) in [6.45, 7) is 0. The number of fused-ring (bicyclic) bond motifs is 1. The van der Waals surface area contributed by atoms with E-state index in [0.29, 0.717) is 28.8 Å². The number of thiophene rings is 1. The first-order chi connectivity index (χ1) is 15.6. The van der Waals surface area contributed by atoms with Crippen LogP contribution in [-0.4, -0.2) is 32.8 Å². The first-order valence-electron chi connectivity index (χ1n) is 10.3. The molecule has 32 heavy (non-hydrogen) atoms. The third-order valence-corrected chi connectivity index (χ3v) is 6.35. The van der Waals surface area contributed by atoms with Crippen LogP contribution < -0.4 is 15.6 Å². The Balaban J connectivity index is 1.55. The van der Waals surface area contributed by atoms with Crippen molar-refractivity contribution in [3.63, 3.8) is 0 Å². The molecular weight excluding hydrogens is 426 g/mol. The van der Waals surface area contributed by atoms with Crippen molar-refractivity contribution in [2.75, 3.05) is 12.4 Å². The molecule has 5 rings (SSSR count). The zero-order chi connectivity index (χ0) is 22.1. The van der Waals surface area contributed by atoms with Crippen LogP contribution in [0, 0.1) is 0 Å². The molecule has 0 radical (unpaired) electrons. The van der Waals surface area contributed by atoms with Crippen molar-refractivity contribution >= 4 is 23.1 Å². The van der Waals surface area contributed by atoms with Crippen LogP contribution in [0.1, 0.15) is 34.5 Å². The number of aromatic nitrogens is 4. The number of aryl methyl sites for hydroxylation is 1. The summed E-state index contributed by atoms with van der Waals surface area (Å²) in [6.07, 6.45) is 3.49. The summed E-state index contributed by atoms with van der Waals surface area (Å²) in [7, 11) is 1.58. The number of aromatic amines is 1. The number of nitrogens with zero attached hydrogens (tertiary/aromatic N) is 3. The molecule has 0 spiro atoms. The highest BCUT2D eigenvalue weighted by atomic mass is 32.1. The Bertz CT molecular complexity index is 1320. The van der Waals surface area contributed by atoms with Gasteiger partial charge in [0.25, 0.3) is 11.5 Å². The van der Waals surface area contributed by atoms with Gasteiger partial charge in [-0.15, -0.1) is 11.3 Å². The Morgan fingerprint density at radius 2 is 2.00 bits per heavy atom. The third kappa shape index (κ3) is 3.82. The third-order valence-electron chi connectivity index (χ3n) is 5.46. The van der Waals surface area contributed by atoms with Crippen LogP contribution in [0.5, 0.6) is 5.75 Å². The van der Waals surface area contributed by atoms with E-state index >= 15 is 0 Å². The Morgan fingerprint density at radius 3 is 2.75 bits per heavy atom. The SMILES string of the molecule is COc1ccc(C(=O)Nc2cc(-c3cccs3)nn2-c2nc3c(c(=O)[nH]2)CCCC3)cc1. The van der Waals surface area contributed by atoms with Crippen LogP contribution in [0.25, 0.3) is 16.5 Å². The Labute approximate surface area is 187 Å². The van der Waals surface area contributed by atoms with E-state index in [-0.39, 0.29) is 11.5 Å². The zero-order valence-electron chi connectivity index (χ0n) is 17.4. The lowest BCUT2D eigenvalue weighted by Crippen LogP contribution is -2.24. The van der Waals surface area contributed by atoms with Crippen molar-refractivity contribution in [1.29, 1.82) is 0 Å². The lowest BCUT2D eigenvalue weighted by atomic mass is 9.97. The largest absolute Gasteiger partial charge is 0.497 e. The fourth-order valence-electron chi connectivity index (χ4n) is 3.80. The number of benzene rings is 1. The fraction of sp³-hybridized carbons (Fsp3) is 0.217. The number of hydrogen-bond acceptors (Lipinski definition) is 6. The number of carbonyl (C=O) groups is 1. The maximum atomic E-state index is 12.9. The first kappa shape index (κ1) is 20.2. The molecular formula is C23H21N5O3S. The number of rotatable bonds is 5. The molecule has 3 aromatic heterocycles. The maximum Gasteiger partial charge on any atom is 0.256 e. The maximum absolute atomic E-state index is 12.9. The highest BCUT2D eigenvalue weighted by Gasteiger charge is 2.20. The molecule has 1 aliphatic rings. The number of carbonyl (C=O) groups excluding carboxylic acids is 1.